The molecule has 0 unspecified atom stereocenters. The molecule has 0 aromatic heterocycles. The summed E-state index contributed by atoms with van der Waals surface area (Å²) >= 11 is 0. The summed E-state index contributed by atoms with van der Waals surface area (Å²) in [6.45, 7) is 6.08. The lowest BCUT2D eigenvalue weighted by atomic mass is 9.58. The molecule has 9 atom stereocenters. The number of methoxy groups -OCH3 is 1. The minimum Gasteiger partial charge on any atom is -0.467 e. The molecule has 1 aromatic carbocycles. The first kappa shape index (κ1) is 27.1. The highest BCUT2D eigenvalue weighted by molar-refractivity contribution is 5.87. The molecule has 4 heterocycles. The first-order valence-electron chi connectivity index (χ1n) is 13.5. The van der Waals surface area contributed by atoms with Crippen molar-refractivity contribution in [3.63, 3.8) is 0 Å². The van der Waals surface area contributed by atoms with Gasteiger partial charge in [-0.15, -0.1) is 0 Å². The number of ether oxygens (including phenoxy) is 4. The lowest BCUT2D eigenvalue weighted by Crippen LogP contribution is -2.70. The molecule has 4 saturated heterocycles. The van der Waals surface area contributed by atoms with Gasteiger partial charge in [0.25, 0.3) is 0 Å². The Hall–Kier alpha value is -2.53. The number of amides is 1. The predicted octanol–water partition coefficient (Wildman–Crippen LogP) is 3.55. The van der Waals surface area contributed by atoms with Crippen molar-refractivity contribution in [2.45, 2.75) is 89.3 Å². The first-order valence-corrected chi connectivity index (χ1v) is 13.5. The van der Waals surface area contributed by atoms with Gasteiger partial charge in [0.2, 0.25) is 18.0 Å². The van der Waals surface area contributed by atoms with E-state index >= 15 is 0 Å². The molecule has 4 aliphatic heterocycles. The fourth-order valence-corrected chi connectivity index (χ4v) is 6.69. The standard InChI is InChI=1S/C28H37NO9/c1-16-10-11-20-17(2)25(35-26-28(20)19(16)14-15-27(3,36-26)37-38-28)34-22(31)13-12-21(30)29-23(24(32)33-4)18-8-6-5-7-9-18/h5-9,16-17,19-20,23,25-26H,10-15H2,1-4H3,(H,29,30)/t16-,17-,19+,20+,23+,25-,26-,27+,28+/m1/s1. The van der Waals surface area contributed by atoms with Crippen LogP contribution in [0.3, 0.4) is 0 Å². The molecule has 1 N–H and O–H groups in total. The second-order valence-corrected chi connectivity index (χ2v) is 11.2. The summed E-state index contributed by atoms with van der Waals surface area (Å²) in [6.07, 6.45) is 1.66. The highest BCUT2D eigenvalue weighted by atomic mass is 17.3. The maximum atomic E-state index is 12.8. The Kier molecular flexibility index (Phi) is 7.52. The van der Waals surface area contributed by atoms with Gasteiger partial charge in [0.15, 0.2) is 17.9 Å². The van der Waals surface area contributed by atoms with E-state index in [2.05, 4.69) is 12.2 Å². The quantitative estimate of drug-likeness (QED) is 0.416. The van der Waals surface area contributed by atoms with Crippen LogP contribution in [0.1, 0.15) is 70.9 Å². The van der Waals surface area contributed by atoms with Gasteiger partial charge in [-0.25, -0.2) is 14.6 Å². The third-order valence-corrected chi connectivity index (χ3v) is 8.78. The molecule has 5 aliphatic rings. The van der Waals surface area contributed by atoms with Gasteiger partial charge in [-0.3, -0.25) is 9.59 Å². The Morgan fingerprint density at radius 1 is 1.05 bits per heavy atom. The number of carbonyl (C=O) groups excluding carboxylic acids is 3. The molecule has 6 rings (SSSR count). The molecule has 38 heavy (non-hydrogen) atoms. The topological polar surface area (TPSA) is 119 Å². The molecule has 5 fully saturated rings. The summed E-state index contributed by atoms with van der Waals surface area (Å²) in [4.78, 5) is 49.6. The number of hydrogen-bond acceptors (Lipinski definition) is 9. The molecule has 1 aromatic rings. The van der Waals surface area contributed by atoms with Crippen molar-refractivity contribution in [3.05, 3.63) is 35.9 Å². The molecular formula is C28H37NO9. The Balaban J connectivity index is 1.21. The Bertz CT molecular complexity index is 1050. The SMILES string of the molecule is COC(=O)[C@@H](NC(=O)CCC(=O)O[C@@H]1O[C@@H]2O[C@]3(C)CC[C@H]4[C@H](C)CC[C@@H]([C@H]1C)[C@]24OO3)c1ccccc1. The lowest BCUT2D eigenvalue weighted by molar-refractivity contribution is -0.576. The predicted molar refractivity (Wildman–Crippen MR) is 131 cm³/mol. The van der Waals surface area contributed by atoms with Crippen molar-refractivity contribution in [2.75, 3.05) is 7.11 Å². The van der Waals surface area contributed by atoms with Crippen LogP contribution in [0.25, 0.3) is 0 Å². The average molecular weight is 532 g/mol. The fourth-order valence-electron chi connectivity index (χ4n) is 6.69. The number of fused-ring (bicyclic) bond motifs is 2. The van der Waals surface area contributed by atoms with Crippen molar-refractivity contribution < 1.29 is 43.1 Å². The van der Waals surface area contributed by atoms with Crippen LogP contribution in [0.5, 0.6) is 0 Å². The van der Waals surface area contributed by atoms with Crippen LogP contribution < -0.4 is 5.32 Å². The summed E-state index contributed by atoms with van der Waals surface area (Å²) < 4.78 is 23.1. The zero-order chi connectivity index (χ0) is 27.1. The highest BCUT2D eigenvalue weighted by Gasteiger charge is 2.69. The van der Waals surface area contributed by atoms with E-state index in [4.69, 9.17) is 28.7 Å². The van der Waals surface area contributed by atoms with Crippen molar-refractivity contribution in [2.24, 2.45) is 23.7 Å². The molecule has 10 nitrogen and oxygen atoms in total. The van der Waals surface area contributed by atoms with E-state index < -0.39 is 47.9 Å². The van der Waals surface area contributed by atoms with E-state index in [1.807, 2.05) is 19.9 Å². The molecular weight excluding hydrogens is 494 g/mol. The number of esters is 2. The van der Waals surface area contributed by atoms with Crippen molar-refractivity contribution in [3.8, 4) is 0 Å². The summed E-state index contributed by atoms with van der Waals surface area (Å²) in [6, 6.07) is 7.82. The zero-order valence-electron chi connectivity index (χ0n) is 22.3. The number of benzene rings is 1. The third kappa shape index (κ3) is 4.83. The van der Waals surface area contributed by atoms with E-state index in [0.29, 0.717) is 17.9 Å². The van der Waals surface area contributed by atoms with E-state index in [-0.39, 0.29) is 30.6 Å². The van der Waals surface area contributed by atoms with E-state index in [9.17, 15) is 14.4 Å². The van der Waals surface area contributed by atoms with Gasteiger partial charge >= 0.3 is 11.9 Å². The van der Waals surface area contributed by atoms with Crippen LogP contribution >= 0.6 is 0 Å². The third-order valence-electron chi connectivity index (χ3n) is 8.78. The first-order chi connectivity index (χ1) is 18.2. The molecule has 0 radical (unpaired) electrons. The molecule has 2 bridgehead atoms. The Labute approximate surface area is 222 Å². The van der Waals surface area contributed by atoms with Gasteiger partial charge in [-0.1, -0.05) is 44.2 Å². The average Bonchev–Trinajstić information content (AvgIpc) is 3.14. The normalized spacial score (nSPS) is 38.3. The minimum atomic E-state index is -0.962. The second kappa shape index (κ2) is 10.6. The zero-order valence-corrected chi connectivity index (χ0v) is 22.3. The summed E-state index contributed by atoms with van der Waals surface area (Å²) in [5.74, 6) is -2.03. The van der Waals surface area contributed by atoms with Gasteiger partial charge in [-0.05, 0) is 43.6 Å². The molecule has 1 saturated carbocycles. The molecule has 1 aliphatic carbocycles. The van der Waals surface area contributed by atoms with Crippen LogP contribution in [0.15, 0.2) is 30.3 Å². The highest BCUT2D eigenvalue weighted by Crippen LogP contribution is 2.60. The smallest absolute Gasteiger partial charge is 0.333 e. The van der Waals surface area contributed by atoms with Crippen molar-refractivity contribution >= 4 is 17.8 Å². The number of rotatable bonds is 7. The van der Waals surface area contributed by atoms with Gasteiger partial charge < -0.3 is 24.3 Å². The lowest BCUT2D eigenvalue weighted by Gasteiger charge is -2.59. The molecule has 1 spiro atoms. The number of carbonyl (C=O) groups is 3. The van der Waals surface area contributed by atoms with Crippen LogP contribution in [0, 0.1) is 23.7 Å². The Morgan fingerprint density at radius 3 is 2.55 bits per heavy atom. The van der Waals surface area contributed by atoms with Gasteiger partial charge in [0, 0.05) is 24.7 Å². The maximum absolute atomic E-state index is 12.8. The summed E-state index contributed by atoms with van der Waals surface area (Å²) in [5, 5.41) is 2.65. The van der Waals surface area contributed by atoms with E-state index in [0.717, 1.165) is 19.3 Å². The maximum Gasteiger partial charge on any atom is 0.333 e. The molecule has 10 heteroatoms. The van der Waals surface area contributed by atoms with Gasteiger partial charge in [0.1, 0.15) is 0 Å². The number of hydrogen-bond donors (Lipinski definition) is 1. The molecule has 208 valence electrons. The van der Waals surface area contributed by atoms with Crippen LogP contribution in [-0.4, -0.2) is 48.9 Å². The van der Waals surface area contributed by atoms with Gasteiger partial charge in [-0.2, -0.15) is 0 Å². The molecule has 1 amide bonds. The van der Waals surface area contributed by atoms with Crippen LogP contribution in [-0.2, 0) is 43.1 Å². The van der Waals surface area contributed by atoms with Crippen molar-refractivity contribution in [1.29, 1.82) is 0 Å². The van der Waals surface area contributed by atoms with Gasteiger partial charge in [0.05, 0.1) is 13.5 Å². The fraction of sp³-hybridized carbons (Fsp3) is 0.679. The monoisotopic (exact) mass is 531 g/mol. The minimum absolute atomic E-state index is 0.0258. The van der Waals surface area contributed by atoms with Crippen molar-refractivity contribution in [1.82, 2.24) is 5.32 Å². The summed E-state index contributed by atoms with van der Waals surface area (Å²) in [7, 11) is 1.26. The van der Waals surface area contributed by atoms with Crippen LogP contribution in [0.4, 0.5) is 0 Å². The van der Waals surface area contributed by atoms with Crippen LogP contribution in [0.2, 0.25) is 0 Å². The van der Waals surface area contributed by atoms with E-state index in [1.54, 1.807) is 24.3 Å². The summed E-state index contributed by atoms with van der Waals surface area (Å²) in [5.41, 5.74) is -0.151. The largest absolute Gasteiger partial charge is 0.467 e. The Morgan fingerprint density at radius 2 is 1.82 bits per heavy atom. The number of nitrogens with one attached hydrogen (secondary N) is 1. The van der Waals surface area contributed by atoms with E-state index in [1.165, 1.54) is 7.11 Å². The second-order valence-electron chi connectivity index (χ2n) is 11.2.